The van der Waals surface area contributed by atoms with Gasteiger partial charge in [0.2, 0.25) is 6.79 Å². The second-order valence-electron chi connectivity index (χ2n) is 8.99. The van der Waals surface area contributed by atoms with E-state index in [0.717, 1.165) is 28.5 Å². The predicted molar refractivity (Wildman–Crippen MR) is 119 cm³/mol. The number of aliphatic hydroxyl groups is 1. The van der Waals surface area contributed by atoms with Crippen LogP contribution in [0.25, 0.3) is 22.3 Å². The molecule has 6 rings (SSSR count). The van der Waals surface area contributed by atoms with Gasteiger partial charge in [-0.1, -0.05) is 20.8 Å². The molecule has 3 aliphatic rings. The number of cyclic esters (lactones) is 1. The predicted octanol–water partition coefficient (Wildman–Crippen LogP) is 3.32. The van der Waals surface area contributed by atoms with E-state index in [1.54, 1.807) is 17.6 Å². The zero-order valence-electron chi connectivity index (χ0n) is 18.7. The summed E-state index contributed by atoms with van der Waals surface area (Å²) in [5.74, 6) is 0.843. The van der Waals surface area contributed by atoms with Gasteiger partial charge in [-0.3, -0.25) is 4.79 Å². The molecule has 8 heteroatoms. The van der Waals surface area contributed by atoms with E-state index in [1.807, 2.05) is 12.1 Å². The standard InChI is InChI=1S/C25H24N2O6/c1-4-12(3)21-13-6-19-20(33-11-32-19)8-17(13)26-22-14(21)9-27-18(22)7-16-15(23(27)28)10-31-24(29)25(16,30)5-2/h6-8,12,30H,4-5,9-11H2,1-3H3/t12?,25-/m0/s1. The Morgan fingerprint density at radius 1 is 1.12 bits per heavy atom. The molecule has 33 heavy (non-hydrogen) atoms. The van der Waals surface area contributed by atoms with Crippen molar-refractivity contribution < 1.29 is 24.1 Å². The molecule has 1 N–H and O–H groups in total. The van der Waals surface area contributed by atoms with E-state index in [0.29, 0.717) is 40.6 Å². The lowest BCUT2D eigenvalue weighted by molar-refractivity contribution is -0.172. The number of hydrogen-bond acceptors (Lipinski definition) is 7. The first-order valence-corrected chi connectivity index (χ1v) is 11.3. The Kier molecular flexibility index (Phi) is 4.17. The van der Waals surface area contributed by atoms with Gasteiger partial charge in [0.1, 0.15) is 6.61 Å². The monoisotopic (exact) mass is 448 g/mol. The normalized spacial score (nSPS) is 20.9. The summed E-state index contributed by atoms with van der Waals surface area (Å²) in [5.41, 5.74) is 2.75. The number of nitrogens with zero attached hydrogens (tertiary/aromatic N) is 2. The van der Waals surface area contributed by atoms with Crippen LogP contribution in [0.4, 0.5) is 0 Å². The summed E-state index contributed by atoms with van der Waals surface area (Å²) < 4.78 is 18.0. The third kappa shape index (κ3) is 2.58. The molecule has 2 aromatic heterocycles. The molecule has 0 amide bonds. The van der Waals surface area contributed by atoms with Gasteiger partial charge >= 0.3 is 5.97 Å². The number of aromatic nitrogens is 2. The molecule has 0 saturated heterocycles. The summed E-state index contributed by atoms with van der Waals surface area (Å²) in [7, 11) is 0. The third-order valence-electron chi connectivity index (χ3n) is 7.33. The topological polar surface area (TPSA) is 99.9 Å². The van der Waals surface area contributed by atoms with Crippen LogP contribution in [0.2, 0.25) is 0 Å². The smallest absolute Gasteiger partial charge is 0.343 e. The number of pyridine rings is 2. The maximum absolute atomic E-state index is 13.5. The lowest BCUT2D eigenvalue weighted by Crippen LogP contribution is -2.44. The zero-order chi connectivity index (χ0) is 23.1. The van der Waals surface area contributed by atoms with Crippen molar-refractivity contribution in [1.29, 1.82) is 0 Å². The Balaban J connectivity index is 1.67. The van der Waals surface area contributed by atoms with Gasteiger partial charge < -0.3 is 23.9 Å². The summed E-state index contributed by atoms with van der Waals surface area (Å²) in [6.45, 7) is 6.42. The molecule has 2 atom stereocenters. The Labute approximate surface area is 189 Å². The zero-order valence-corrected chi connectivity index (χ0v) is 18.7. The van der Waals surface area contributed by atoms with E-state index in [-0.39, 0.29) is 31.3 Å². The Bertz CT molecular complexity index is 1430. The molecule has 3 aromatic rings. The summed E-state index contributed by atoms with van der Waals surface area (Å²) in [4.78, 5) is 30.8. The number of fused-ring (bicyclic) bond motifs is 6. The van der Waals surface area contributed by atoms with Gasteiger partial charge in [-0.2, -0.15) is 0 Å². The summed E-state index contributed by atoms with van der Waals surface area (Å²) in [6, 6.07) is 5.60. The van der Waals surface area contributed by atoms with Crippen LogP contribution in [-0.2, 0) is 28.3 Å². The molecule has 170 valence electrons. The lowest BCUT2D eigenvalue weighted by Gasteiger charge is -2.31. The Hall–Kier alpha value is -3.39. The first-order valence-electron chi connectivity index (χ1n) is 11.3. The van der Waals surface area contributed by atoms with Crippen LogP contribution >= 0.6 is 0 Å². The van der Waals surface area contributed by atoms with Gasteiger partial charge in [0.25, 0.3) is 5.56 Å². The van der Waals surface area contributed by atoms with E-state index >= 15 is 0 Å². The number of carbonyl (C=O) groups excluding carboxylic acids is 1. The first-order chi connectivity index (χ1) is 15.9. The van der Waals surface area contributed by atoms with E-state index < -0.39 is 11.6 Å². The van der Waals surface area contributed by atoms with Crippen LogP contribution in [0.15, 0.2) is 23.0 Å². The first kappa shape index (κ1) is 20.2. The molecule has 1 aromatic carbocycles. The molecule has 0 fully saturated rings. The van der Waals surface area contributed by atoms with Crippen molar-refractivity contribution in [3.8, 4) is 22.9 Å². The highest BCUT2D eigenvalue weighted by atomic mass is 16.7. The molecule has 0 radical (unpaired) electrons. The minimum absolute atomic E-state index is 0.112. The van der Waals surface area contributed by atoms with Crippen molar-refractivity contribution in [2.24, 2.45) is 0 Å². The van der Waals surface area contributed by atoms with E-state index in [9.17, 15) is 14.7 Å². The van der Waals surface area contributed by atoms with Crippen molar-refractivity contribution >= 4 is 16.9 Å². The van der Waals surface area contributed by atoms with Gasteiger partial charge in [-0.05, 0) is 36.5 Å². The number of esters is 1. The summed E-state index contributed by atoms with van der Waals surface area (Å²) in [6.07, 6.45) is 1.03. The maximum atomic E-state index is 13.5. The molecule has 0 bridgehead atoms. The molecule has 3 aliphatic heterocycles. The van der Waals surface area contributed by atoms with Crippen LogP contribution in [0.5, 0.6) is 11.5 Å². The number of ether oxygens (including phenoxy) is 3. The molecular formula is C25H24N2O6. The SMILES string of the molecule is CCC(C)c1c2c(nc3cc4c(cc13)OCO4)-c1cc3c(c(=O)n1C2)COC(=O)[C@]3(O)CC. The van der Waals surface area contributed by atoms with Crippen LogP contribution < -0.4 is 15.0 Å². The van der Waals surface area contributed by atoms with Crippen molar-refractivity contribution in [2.45, 2.75) is 58.3 Å². The second-order valence-corrected chi connectivity index (χ2v) is 8.99. The van der Waals surface area contributed by atoms with Gasteiger partial charge in [-0.15, -0.1) is 0 Å². The minimum atomic E-state index is -1.84. The summed E-state index contributed by atoms with van der Waals surface area (Å²) >= 11 is 0. The van der Waals surface area contributed by atoms with E-state index in [2.05, 4.69) is 13.8 Å². The fourth-order valence-electron chi connectivity index (χ4n) is 5.27. The van der Waals surface area contributed by atoms with E-state index in [1.165, 1.54) is 0 Å². The van der Waals surface area contributed by atoms with Crippen LogP contribution in [0, 0.1) is 0 Å². The lowest BCUT2D eigenvalue weighted by atomic mass is 9.85. The van der Waals surface area contributed by atoms with Crippen LogP contribution in [0.1, 0.15) is 61.8 Å². The average molecular weight is 448 g/mol. The van der Waals surface area contributed by atoms with Crippen molar-refractivity contribution in [2.75, 3.05) is 6.79 Å². The third-order valence-corrected chi connectivity index (χ3v) is 7.33. The minimum Gasteiger partial charge on any atom is -0.458 e. The molecule has 1 unspecified atom stereocenters. The average Bonchev–Trinajstić information content (AvgIpc) is 3.42. The molecule has 0 saturated carbocycles. The second kappa shape index (κ2) is 6.81. The van der Waals surface area contributed by atoms with E-state index in [4.69, 9.17) is 19.2 Å². The van der Waals surface area contributed by atoms with Crippen molar-refractivity contribution in [1.82, 2.24) is 9.55 Å². The largest absolute Gasteiger partial charge is 0.458 e. The van der Waals surface area contributed by atoms with Gasteiger partial charge in [-0.25, -0.2) is 9.78 Å². The highest BCUT2D eigenvalue weighted by Crippen LogP contribution is 2.45. The molecule has 8 nitrogen and oxygen atoms in total. The Morgan fingerprint density at radius 3 is 2.61 bits per heavy atom. The number of hydrogen-bond donors (Lipinski definition) is 1. The van der Waals surface area contributed by atoms with Gasteiger partial charge in [0.05, 0.1) is 29.0 Å². The molecule has 0 aliphatic carbocycles. The fourth-order valence-corrected chi connectivity index (χ4v) is 5.27. The van der Waals surface area contributed by atoms with Gasteiger partial charge in [0.15, 0.2) is 17.1 Å². The molecule has 0 spiro atoms. The Morgan fingerprint density at radius 2 is 1.88 bits per heavy atom. The fraction of sp³-hybridized carbons (Fsp3) is 0.400. The van der Waals surface area contributed by atoms with Gasteiger partial charge in [0, 0.05) is 22.6 Å². The highest BCUT2D eigenvalue weighted by molar-refractivity contribution is 5.91. The molecule has 5 heterocycles. The van der Waals surface area contributed by atoms with Crippen LogP contribution in [0.3, 0.4) is 0 Å². The highest BCUT2D eigenvalue weighted by Gasteiger charge is 2.45. The van der Waals surface area contributed by atoms with Crippen molar-refractivity contribution in [3.05, 3.63) is 50.8 Å². The molecular weight excluding hydrogens is 424 g/mol. The maximum Gasteiger partial charge on any atom is 0.343 e. The quantitative estimate of drug-likeness (QED) is 0.480. The van der Waals surface area contributed by atoms with Crippen molar-refractivity contribution in [3.63, 3.8) is 0 Å². The van der Waals surface area contributed by atoms with Crippen LogP contribution in [-0.4, -0.2) is 27.4 Å². The number of rotatable bonds is 3. The summed E-state index contributed by atoms with van der Waals surface area (Å²) in [5, 5.41) is 12.1. The number of benzene rings is 1. The number of carbonyl (C=O) groups is 1.